The predicted octanol–water partition coefficient (Wildman–Crippen LogP) is 3.53. The summed E-state index contributed by atoms with van der Waals surface area (Å²) in [4.78, 5) is 11.3. The highest BCUT2D eigenvalue weighted by molar-refractivity contribution is 5.94. The van der Waals surface area contributed by atoms with Crippen molar-refractivity contribution in [3.8, 4) is 5.75 Å². The Hall–Kier alpha value is -2.55. The molecule has 2 rings (SSSR count). The van der Waals surface area contributed by atoms with Crippen molar-refractivity contribution in [1.82, 2.24) is 0 Å². The molecule has 0 aromatic heterocycles. The molecule has 0 saturated carbocycles. The van der Waals surface area contributed by atoms with E-state index in [9.17, 15) is 4.79 Å². The van der Waals surface area contributed by atoms with Crippen molar-refractivity contribution in [2.24, 2.45) is 5.73 Å². The summed E-state index contributed by atoms with van der Waals surface area (Å²) in [6.45, 7) is 2.13. The zero-order chi connectivity index (χ0) is 15.2. The van der Waals surface area contributed by atoms with Crippen molar-refractivity contribution < 1.29 is 9.53 Å². The fourth-order valence-corrected chi connectivity index (χ4v) is 2.07. The normalized spacial score (nSPS) is 10.8. The predicted molar refractivity (Wildman–Crippen MR) is 86.3 cm³/mol. The van der Waals surface area contributed by atoms with Crippen LogP contribution < -0.4 is 10.5 Å². The second-order valence-corrected chi connectivity index (χ2v) is 4.75. The Morgan fingerprint density at radius 1 is 1.14 bits per heavy atom. The molecule has 2 aromatic rings. The number of amides is 1. The van der Waals surface area contributed by atoms with Gasteiger partial charge in [0, 0.05) is 11.1 Å². The summed E-state index contributed by atoms with van der Waals surface area (Å²) < 4.78 is 5.30. The number of nitrogens with two attached hydrogens (primary N) is 1. The number of primary amides is 1. The molecule has 3 nitrogen and oxygen atoms in total. The van der Waals surface area contributed by atoms with Crippen molar-refractivity contribution in [2.45, 2.75) is 13.3 Å². The Balaban J connectivity index is 2.29. The first-order valence-corrected chi connectivity index (χ1v) is 6.89. The van der Waals surface area contributed by atoms with Crippen LogP contribution in [0.2, 0.25) is 0 Å². The summed E-state index contributed by atoms with van der Waals surface area (Å²) >= 11 is 0. The lowest BCUT2D eigenvalue weighted by Gasteiger charge is -2.06. The van der Waals surface area contributed by atoms with Gasteiger partial charge in [-0.25, -0.2) is 0 Å². The molecule has 0 fully saturated rings. The molecule has 0 bridgehead atoms. The molecule has 0 spiro atoms. The second kappa shape index (κ2) is 6.75. The molecule has 0 unspecified atom stereocenters. The number of carbonyl (C=O) groups is 1. The van der Waals surface area contributed by atoms with Crippen LogP contribution in [0, 0.1) is 0 Å². The lowest BCUT2D eigenvalue weighted by atomic mass is 10.1. The second-order valence-electron chi connectivity index (χ2n) is 4.75. The van der Waals surface area contributed by atoms with Crippen molar-refractivity contribution in [1.29, 1.82) is 0 Å². The van der Waals surface area contributed by atoms with Gasteiger partial charge >= 0.3 is 0 Å². The van der Waals surface area contributed by atoms with Crippen molar-refractivity contribution in [3.05, 3.63) is 64.7 Å². The maximum Gasteiger partial charge on any atom is 0.248 e. The largest absolute Gasteiger partial charge is 0.496 e. The van der Waals surface area contributed by atoms with E-state index in [1.54, 1.807) is 25.3 Å². The minimum absolute atomic E-state index is 0.445. The Labute approximate surface area is 125 Å². The van der Waals surface area contributed by atoms with E-state index in [2.05, 4.69) is 31.2 Å². The van der Waals surface area contributed by atoms with Crippen molar-refractivity contribution in [3.63, 3.8) is 0 Å². The number of hydrogen-bond donors (Lipinski definition) is 1. The third-order valence-corrected chi connectivity index (χ3v) is 3.36. The highest BCUT2D eigenvalue weighted by atomic mass is 16.5. The molecule has 0 aliphatic heterocycles. The zero-order valence-electron chi connectivity index (χ0n) is 12.3. The first-order chi connectivity index (χ1) is 10.1. The molecule has 1 amide bonds. The Kier molecular flexibility index (Phi) is 4.77. The fraction of sp³-hybridized carbons (Fsp3) is 0.167. The maximum absolute atomic E-state index is 11.3. The van der Waals surface area contributed by atoms with Gasteiger partial charge in [-0.05, 0) is 35.7 Å². The average molecular weight is 281 g/mol. The number of hydrogen-bond acceptors (Lipinski definition) is 2. The quantitative estimate of drug-likeness (QED) is 0.852. The van der Waals surface area contributed by atoms with E-state index in [0.29, 0.717) is 11.3 Å². The number of rotatable bonds is 5. The van der Waals surface area contributed by atoms with E-state index < -0.39 is 5.91 Å². The summed E-state index contributed by atoms with van der Waals surface area (Å²) in [5.41, 5.74) is 9.01. The standard InChI is InChI=1S/C18H19NO2/c1-3-13-4-6-14(7-5-13)8-9-15-12-16(18(19)20)10-11-17(15)21-2/h4-12H,3H2,1-2H3,(H2,19,20). The molecular formula is C18H19NO2. The Morgan fingerprint density at radius 3 is 2.43 bits per heavy atom. The third kappa shape index (κ3) is 3.72. The van der Waals surface area contributed by atoms with Crippen molar-refractivity contribution >= 4 is 18.1 Å². The van der Waals surface area contributed by atoms with Gasteiger partial charge in [-0.15, -0.1) is 0 Å². The van der Waals surface area contributed by atoms with Crippen LogP contribution in [0.1, 0.15) is 34.0 Å². The zero-order valence-corrected chi connectivity index (χ0v) is 12.3. The van der Waals surface area contributed by atoms with Crippen LogP contribution in [0.5, 0.6) is 5.75 Å². The van der Waals surface area contributed by atoms with Crippen LogP contribution in [0.25, 0.3) is 12.2 Å². The van der Waals surface area contributed by atoms with E-state index in [4.69, 9.17) is 10.5 Å². The van der Waals surface area contributed by atoms with Crippen LogP contribution >= 0.6 is 0 Å². The van der Waals surface area contributed by atoms with E-state index in [-0.39, 0.29) is 0 Å². The monoisotopic (exact) mass is 281 g/mol. The summed E-state index contributed by atoms with van der Waals surface area (Å²) in [5.74, 6) is 0.265. The SMILES string of the molecule is CCc1ccc(C=Cc2cc(C(N)=O)ccc2OC)cc1. The van der Waals surface area contributed by atoms with Gasteiger partial charge in [-0.2, -0.15) is 0 Å². The van der Waals surface area contributed by atoms with Gasteiger partial charge in [0.2, 0.25) is 5.91 Å². The number of methoxy groups -OCH3 is 1. The molecule has 108 valence electrons. The van der Waals surface area contributed by atoms with Gasteiger partial charge in [0.05, 0.1) is 7.11 Å². The van der Waals surface area contributed by atoms with E-state index in [0.717, 1.165) is 17.5 Å². The molecule has 0 atom stereocenters. The maximum atomic E-state index is 11.3. The molecule has 0 aliphatic carbocycles. The van der Waals surface area contributed by atoms with Gasteiger partial charge in [0.15, 0.2) is 0 Å². The minimum atomic E-state index is -0.445. The van der Waals surface area contributed by atoms with Gasteiger partial charge in [-0.1, -0.05) is 43.3 Å². The van der Waals surface area contributed by atoms with Gasteiger partial charge < -0.3 is 10.5 Å². The van der Waals surface area contributed by atoms with Crippen LogP contribution in [0.15, 0.2) is 42.5 Å². The molecule has 3 heteroatoms. The van der Waals surface area contributed by atoms with Crippen LogP contribution in [-0.2, 0) is 6.42 Å². The smallest absolute Gasteiger partial charge is 0.248 e. The van der Waals surface area contributed by atoms with Crippen LogP contribution in [-0.4, -0.2) is 13.0 Å². The summed E-state index contributed by atoms with van der Waals surface area (Å²) in [6, 6.07) is 13.5. The Morgan fingerprint density at radius 2 is 1.86 bits per heavy atom. The number of carbonyl (C=O) groups excluding carboxylic acids is 1. The average Bonchev–Trinajstić information content (AvgIpc) is 2.53. The third-order valence-electron chi connectivity index (χ3n) is 3.36. The fourth-order valence-electron chi connectivity index (χ4n) is 2.07. The number of benzene rings is 2. The van der Waals surface area contributed by atoms with Gasteiger partial charge in [-0.3, -0.25) is 4.79 Å². The first-order valence-electron chi connectivity index (χ1n) is 6.89. The van der Waals surface area contributed by atoms with E-state index in [1.807, 2.05) is 12.2 Å². The van der Waals surface area contributed by atoms with Gasteiger partial charge in [0.1, 0.15) is 5.75 Å². The molecule has 2 N–H and O–H groups in total. The molecule has 0 radical (unpaired) electrons. The number of aryl methyl sites for hydroxylation is 1. The highest BCUT2D eigenvalue weighted by Crippen LogP contribution is 2.22. The lowest BCUT2D eigenvalue weighted by molar-refractivity contribution is 0.1000. The molecule has 0 heterocycles. The van der Waals surface area contributed by atoms with Gasteiger partial charge in [0.25, 0.3) is 0 Å². The Bertz CT molecular complexity index is 657. The topological polar surface area (TPSA) is 52.3 Å². The van der Waals surface area contributed by atoms with E-state index >= 15 is 0 Å². The summed E-state index contributed by atoms with van der Waals surface area (Å²) in [7, 11) is 1.60. The summed E-state index contributed by atoms with van der Waals surface area (Å²) in [6.07, 6.45) is 4.94. The van der Waals surface area contributed by atoms with Crippen LogP contribution in [0.4, 0.5) is 0 Å². The molecule has 0 saturated heterocycles. The van der Waals surface area contributed by atoms with Crippen LogP contribution in [0.3, 0.4) is 0 Å². The molecular weight excluding hydrogens is 262 g/mol. The molecule has 21 heavy (non-hydrogen) atoms. The highest BCUT2D eigenvalue weighted by Gasteiger charge is 2.05. The summed E-state index contributed by atoms with van der Waals surface area (Å²) in [5, 5.41) is 0. The molecule has 0 aliphatic rings. The lowest BCUT2D eigenvalue weighted by Crippen LogP contribution is -2.10. The van der Waals surface area contributed by atoms with Crippen molar-refractivity contribution in [2.75, 3.05) is 7.11 Å². The van der Waals surface area contributed by atoms with E-state index in [1.165, 1.54) is 5.56 Å². The molecule has 2 aromatic carbocycles. The first kappa shape index (κ1) is 14.9. The minimum Gasteiger partial charge on any atom is -0.496 e. The number of ether oxygens (including phenoxy) is 1.